The first-order valence-corrected chi connectivity index (χ1v) is 7.05. The van der Waals surface area contributed by atoms with Gasteiger partial charge in [-0.05, 0) is 25.0 Å². The third-order valence-electron chi connectivity index (χ3n) is 2.88. The summed E-state index contributed by atoms with van der Waals surface area (Å²) in [5, 5.41) is 9.97. The van der Waals surface area contributed by atoms with E-state index in [4.69, 9.17) is 11.6 Å². The summed E-state index contributed by atoms with van der Waals surface area (Å²) in [7, 11) is 0. The number of hydrogen-bond donors (Lipinski definition) is 0. The van der Waals surface area contributed by atoms with Crippen LogP contribution in [-0.2, 0) is 5.33 Å². The van der Waals surface area contributed by atoms with Gasteiger partial charge in [0.15, 0.2) is 5.82 Å². The topological polar surface area (TPSA) is 30.7 Å². The van der Waals surface area contributed by atoms with E-state index in [0.717, 1.165) is 27.6 Å². The molecule has 0 bridgehead atoms. The SMILES string of the molecule is Clc1cccc(-c2nnc(CBr)n2C2CC2)c1. The van der Waals surface area contributed by atoms with E-state index < -0.39 is 0 Å². The van der Waals surface area contributed by atoms with E-state index in [2.05, 4.69) is 30.7 Å². The molecule has 0 amide bonds. The van der Waals surface area contributed by atoms with Crippen LogP contribution in [0.2, 0.25) is 5.02 Å². The van der Waals surface area contributed by atoms with Crippen LogP contribution in [0.5, 0.6) is 0 Å². The van der Waals surface area contributed by atoms with Crippen LogP contribution in [0, 0.1) is 0 Å². The Hall–Kier alpha value is -0.870. The summed E-state index contributed by atoms with van der Waals surface area (Å²) >= 11 is 9.47. The largest absolute Gasteiger partial charge is 0.307 e. The van der Waals surface area contributed by atoms with Crippen molar-refractivity contribution in [3.05, 3.63) is 35.1 Å². The molecule has 3 rings (SSSR count). The summed E-state index contributed by atoms with van der Waals surface area (Å²) in [5.41, 5.74) is 1.03. The van der Waals surface area contributed by atoms with Gasteiger partial charge >= 0.3 is 0 Å². The third kappa shape index (κ3) is 2.11. The fourth-order valence-corrected chi connectivity index (χ4v) is 2.53. The second kappa shape index (κ2) is 4.42. The lowest BCUT2D eigenvalue weighted by Crippen LogP contribution is -2.01. The maximum atomic E-state index is 6.02. The van der Waals surface area contributed by atoms with Crippen LogP contribution in [0.25, 0.3) is 11.4 Å². The number of rotatable bonds is 3. The molecule has 0 N–H and O–H groups in total. The van der Waals surface area contributed by atoms with Crippen LogP contribution in [-0.4, -0.2) is 14.8 Å². The second-order valence-electron chi connectivity index (χ2n) is 4.18. The van der Waals surface area contributed by atoms with Crippen LogP contribution < -0.4 is 0 Å². The summed E-state index contributed by atoms with van der Waals surface area (Å²) in [6.45, 7) is 0. The maximum Gasteiger partial charge on any atom is 0.164 e. The highest BCUT2D eigenvalue weighted by molar-refractivity contribution is 9.08. The summed E-state index contributed by atoms with van der Waals surface area (Å²) in [6, 6.07) is 8.33. The van der Waals surface area contributed by atoms with Gasteiger partial charge in [0.25, 0.3) is 0 Å². The van der Waals surface area contributed by atoms with Crippen molar-refractivity contribution < 1.29 is 0 Å². The van der Waals surface area contributed by atoms with Crippen LogP contribution in [0.3, 0.4) is 0 Å². The van der Waals surface area contributed by atoms with Gasteiger partial charge in [0.2, 0.25) is 0 Å². The predicted molar refractivity (Wildman–Crippen MR) is 71.4 cm³/mol. The monoisotopic (exact) mass is 311 g/mol. The first kappa shape index (κ1) is 11.2. The van der Waals surface area contributed by atoms with Gasteiger partial charge in [-0.2, -0.15) is 0 Å². The molecule has 2 aromatic rings. The Labute approximate surface area is 113 Å². The Morgan fingerprint density at radius 1 is 1.35 bits per heavy atom. The fourth-order valence-electron chi connectivity index (χ4n) is 1.96. The van der Waals surface area contributed by atoms with Crippen LogP contribution >= 0.6 is 27.5 Å². The Kier molecular flexibility index (Phi) is 2.92. The van der Waals surface area contributed by atoms with Crippen LogP contribution in [0.15, 0.2) is 24.3 Å². The van der Waals surface area contributed by atoms with Gasteiger partial charge in [-0.15, -0.1) is 10.2 Å². The molecular formula is C12H11BrClN3. The Morgan fingerprint density at radius 3 is 2.82 bits per heavy atom. The van der Waals surface area contributed by atoms with Gasteiger partial charge in [0, 0.05) is 16.6 Å². The number of halogens is 2. The molecule has 0 radical (unpaired) electrons. The summed E-state index contributed by atoms with van der Waals surface area (Å²) in [5.74, 6) is 1.91. The lowest BCUT2D eigenvalue weighted by molar-refractivity contribution is 0.714. The smallest absolute Gasteiger partial charge is 0.164 e. The molecule has 17 heavy (non-hydrogen) atoms. The normalized spacial score (nSPS) is 15.2. The van der Waals surface area contributed by atoms with E-state index in [1.807, 2.05) is 24.3 Å². The van der Waals surface area contributed by atoms with Crippen molar-refractivity contribution in [2.45, 2.75) is 24.2 Å². The molecule has 1 aliphatic carbocycles. The first-order chi connectivity index (χ1) is 8.29. The molecule has 1 saturated carbocycles. The van der Waals surface area contributed by atoms with E-state index in [9.17, 15) is 0 Å². The predicted octanol–water partition coefficient (Wildman–Crippen LogP) is 3.83. The van der Waals surface area contributed by atoms with Crippen molar-refractivity contribution >= 4 is 27.5 Å². The average molecular weight is 313 g/mol. The molecular weight excluding hydrogens is 302 g/mol. The highest BCUT2D eigenvalue weighted by Crippen LogP contribution is 2.39. The lowest BCUT2D eigenvalue weighted by Gasteiger charge is -2.07. The number of nitrogens with zero attached hydrogens (tertiary/aromatic N) is 3. The van der Waals surface area contributed by atoms with Gasteiger partial charge in [-0.1, -0.05) is 39.7 Å². The molecule has 0 saturated heterocycles. The molecule has 0 aliphatic heterocycles. The average Bonchev–Trinajstić information content (AvgIpc) is 3.08. The molecule has 1 aromatic carbocycles. The second-order valence-corrected chi connectivity index (χ2v) is 5.18. The Balaban J connectivity index is 2.11. The minimum absolute atomic E-state index is 0.562. The fraction of sp³-hybridized carbons (Fsp3) is 0.333. The van der Waals surface area contributed by atoms with Gasteiger partial charge in [-0.3, -0.25) is 0 Å². The molecule has 5 heteroatoms. The van der Waals surface area contributed by atoms with E-state index in [1.165, 1.54) is 12.8 Å². The zero-order chi connectivity index (χ0) is 11.8. The lowest BCUT2D eigenvalue weighted by atomic mass is 10.2. The van der Waals surface area contributed by atoms with Gasteiger partial charge < -0.3 is 4.57 Å². The van der Waals surface area contributed by atoms with Crippen molar-refractivity contribution in [1.82, 2.24) is 14.8 Å². The standard InChI is InChI=1S/C12H11BrClN3/c13-7-11-15-16-12(17(11)10-4-5-10)8-2-1-3-9(14)6-8/h1-3,6,10H,4-5,7H2. The minimum atomic E-state index is 0.562. The van der Waals surface area contributed by atoms with Gasteiger partial charge in [0.05, 0.1) is 5.33 Å². The Morgan fingerprint density at radius 2 is 2.18 bits per heavy atom. The van der Waals surface area contributed by atoms with Crippen molar-refractivity contribution in [2.24, 2.45) is 0 Å². The zero-order valence-electron chi connectivity index (χ0n) is 9.11. The highest BCUT2D eigenvalue weighted by Gasteiger charge is 2.29. The third-order valence-corrected chi connectivity index (χ3v) is 3.62. The zero-order valence-corrected chi connectivity index (χ0v) is 11.4. The molecule has 1 aliphatic rings. The summed E-state index contributed by atoms with van der Waals surface area (Å²) < 4.78 is 2.22. The van der Waals surface area contributed by atoms with E-state index >= 15 is 0 Å². The molecule has 1 aromatic heterocycles. The molecule has 0 spiro atoms. The van der Waals surface area contributed by atoms with Crippen molar-refractivity contribution in [2.75, 3.05) is 0 Å². The van der Waals surface area contributed by atoms with Crippen molar-refractivity contribution in [3.63, 3.8) is 0 Å². The van der Waals surface area contributed by atoms with E-state index in [1.54, 1.807) is 0 Å². The quantitative estimate of drug-likeness (QED) is 0.807. The molecule has 0 atom stereocenters. The molecule has 1 heterocycles. The number of aromatic nitrogens is 3. The van der Waals surface area contributed by atoms with Gasteiger partial charge in [0.1, 0.15) is 5.82 Å². The molecule has 0 unspecified atom stereocenters. The summed E-state index contributed by atoms with van der Waals surface area (Å²) in [6.07, 6.45) is 2.43. The molecule has 3 nitrogen and oxygen atoms in total. The van der Waals surface area contributed by atoms with Crippen LogP contribution in [0.4, 0.5) is 0 Å². The van der Waals surface area contributed by atoms with E-state index in [-0.39, 0.29) is 0 Å². The van der Waals surface area contributed by atoms with Crippen molar-refractivity contribution in [3.8, 4) is 11.4 Å². The van der Waals surface area contributed by atoms with E-state index in [0.29, 0.717) is 6.04 Å². The maximum absolute atomic E-state index is 6.02. The summed E-state index contributed by atoms with van der Waals surface area (Å²) in [4.78, 5) is 0. The van der Waals surface area contributed by atoms with Crippen LogP contribution in [0.1, 0.15) is 24.7 Å². The van der Waals surface area contributed by atoms with Gasteiger partial charge in [-0.25, -0.2) is 0 Å². The number of benzene rings is 1. The molecule has 88 valence electrons. The minimum Gasteiger partial charge on any atom is -0.307 e. The van der Waals surface area contributed by atoms with Crippen molar-refractivity contribution in [1.29, 1.82) is 0 Å². The first-order valence-electron chi connectivity index (χ1n) is 5.55. The molecule has 1 fully saturated rings. The number of alkyl halides is 1. The number of hydrogen-bond acceptors (Lipinski definition) is 2. The highest BCUT2D eigenvalue weighted by atomic mass is 79.9. The Bertz CT molecular complexity index is 548.